The molecule has 1 N–H and O–H groups in total. The van der Waals surface area contributed by atoms with Crippen LogP contribution in [-0.2, 0) is 4.74 Å². The summed E-state index contributed by atoms with van der Waals surface area (Å²) in [6.07, 6.45) is -7.12. The van der Waals surface area contributed by atoms with Gasteiger partial charge in [-0.2, -0.15) is 13.2 Å². The van der Waals surface area contributed by atoms with Gasteiger partial charge in [0.25, 0.3) is 0 Å². The lowest BCUT2D eigenvalue weighted by molar-refractivity contribution is -0.207. The van der Waals surface area contributed by atoms with E-state index >= 15 is 0 Å². The number of ether oxygens (including phenoxy) is 1. The summed E-state index contributed by atoms with van der Waals surface area (Å²) in [6, 6.07) is 2.63. The Labute approximate surface area is 122 Å². The number of alkyl carbamates (subject to hydrolysis) is 1. The summed E-state index contributed by atoms with van der Waals surface area (Å²) >= 11 is 3.05. The molecule has 112 valence electrons. The van der Waals surface area contributed by atoms with Crippen molar-refractivity contribution in [3.8, 4) is 0 Å². The summed E-state index contributed by atoms with van der Waals surface area (Å²) in [5, 5.41) is 2.31. The van der Waals surface area contributed by atoms with E-state index < -0.39 is 29.6 Å². The average molecular weight is 355 g/mol. The zero-order valence-corrected chi connectivity index (χ0v) is 12.7. The van der Waals surface area contributed by atoms with Gasteiger partial charge in [0.1, 0.15) is 0 Å². The molecule has 1 aromatic rings. The average Bonchev–Trinajstić information content (AvgIpc) is 2.21. The van der Waals surface area contributed by atoms with Crippen LogP contribution in [0.3, 0.4) is 0 Å². The Morgan fingerprint density at radius 3 is 2.45 bits per heavy atom. The predicted octanol–water partition coefficient (Wildman–Crippen LogP) is 3.97. The fourth-order valence-corrected chi connectivity index (χ4v) is 1.65. The van der Waals surface area contributed by atoms with Crippen LogP contribution in [0.15, 0.2) is 22.8 Å². The predicted molar refractivity (Wildman–Crippen MR) is 70.1 cm³/mol. The van der Waals surface area contributed by atoms with Gasteiger partial charge >= 0.3 is 12.3 Å². The van der Waals surface area contributed by atoms with Gasteiger partial charge in [0.15, 0.2) is 0 Å². The van der Waals surface area contributed by atoms with Crippen LogP contribution in [0.4, 0.5) is 18.0 Å². The molecule has 1 heterocycles. The molecule has 0 aliphatic heterocycles. The number of nitrogens with one attached hydrogen (secondary N) is 1. The summed E-state index contributed by atoms with van der Waals surface area (Å²) in [6.45, 7) is 4.90. The van der Waals surface area contributed by atoms with Gasteiger partial charge < -0.3 is 10.1 Å². The quantitative estimate of drug-likeness (QED) is 0.873. The van der Waals surface area contributed by atoms with Crippen molar-refractivity contribution < 1.29 is 22.7 Å². The van der Waals surface area contributed by atoms with Crippen LogP contribution < -0.4 is 5.32 Å². The number of rotatable bonds is 2. The minimum atomic E-state index is -4.75. The Bertz CT molecular complexity index is 486. The summed E-state index contributed by atoms with van der Waals surface area (Å²) < 4.78 is 43.8. The lowest BCUT2D eigenvalue weighted by Crippen LogP contribution is -2.42. The third-order valence-corrected chi connectivity index (χ3v) is 2.50. The third kappa shape index (κ3) is 5.36. The lowest BCUT2D eigenvalue weighted by Gasteiger charge is -2.24. The fourth-order valence-electron chi connectivity index (χ4n) is 1.30. The zero-order valence-electron chi connectivity index (χ0n) is 11.1. The minimum Gasteiger partial charge on any atom is -0.430 e. The summed E-state index contributed by atoms with van der Waals surface area (Å²) in [4.78, 5) is 15.1. The molecule has 4 nitrogen and oxygen atoms in total. The van der Waals surface area contributed by atoms with E-state index in [4.69, 9.17) is 0 Å². The van der Waals surface area contributed by atoms with Crippen LogP contribution in [0.25, 0.3) is 0 Å². The number of carbonyl (C=O) groups is 1. The highest BCUT2D eigenvalue weighted by Gasteiger charge is 2.45. The van der Waals surface area contributed by atoms with Crippen LogP contribution in [0, 0.1) is 0 Å². The van der Waals surface area contributed by atoms with E-state index in [2.05, 4.69) is 31.0 Å². The maximum Gasteiger partial charge on any atom is 0.431 e. The molecule has 0 unspecified atom stereocenters. The van der Waals surface area contributed by atoms with Crippen molar-refractivity contribution in [2.75, 3.05) is 0 Å². The van der Waals surface area contributed by atoms with Crippen molar-refractivity contribution in [3.05, 3.63) is 28.5 Å². The van der Waals surface area contributed by atoms with E-state index in [1.165, 1.54) is 12.3 Å². The molecule has 1 rings (SSSR count). The van der Waals surface area contributed by atoms with Crippen molar-refractivity contribution in [2.24, 2.45) is 0 Å². The van der Waals surface area contributed by atoms with Gasteiger partial charge in [-0.25, -0.2) is 4.79 Å². The lowest BCUT2D eigenvalue weighted by atomic mass is 10.1. The number of carbonyl (C=O) groups excluding carboxylic acids is 1. The SMILES string of the molecule is CC(C)(C)NC(=O)O[C@H](c1cc(Br)ccn1)C(F)(F)F. The molecule has 1 amide bonds. The summed E-state index contributed by atoms with van der Waals surface area (Å²) in [7, 11) is 0. The van der Waals surface area contributed by atoms with Gasteiger partial charge in [-0.3, -0.25) is 4.98 Å². The minimum absolute atomic E-state index is 0.393. The molecule has 0 fully saturated rings. The smallest absolute Gasteiger partial charge is 0.430 e. The van der Waals surface area contributed by atoms with E-state index in [0.717, 1.165) is 6.07 Å². The van der Waals surface area contributed by atoms with E-state index in [9.17, 15) is 18.0 Å². The molecule has 0 saturated carbocycles. The molecule has 0 saturated heterocycles. The standard InChI is InChI=1S/C12H14BrF3N2O2/c1-11(2,3)18-10(19)20-9(12(14,15)16)8-6-7(13)4-5-17-8/h4-6,9H,1-3H3,(H,18,19)/t9-/m1/s1. The number of halogens is 4. The van der Waals surface area contributed by atoms with Gasteiger partial charge in [0.05, 0.1) is 5.69 Å². The molecule has 0 aliphatic rings. The number of nitrogens with zero attached hydrogens (tertiary/aromatic N) is 1. The first-order valence-electron chi connectivity index (χ1n) is 5.66. The molecule has 1 atom stereocenters. The second-order valence-corrected chi connectivity index (χ2v) is 6.02. The molecule has 0 radical (unpaired) electrons. The third-order valence-electron chi connectivity index (χ3n) is 2.01. The maximum absolute atomic E-state index is 13.0. The van der Waals surface area contributed by atoms with Crippen LogP contribution >= 0.6 is 15.9 Å². The van der Waals surface area contributed by atoms with E-state index in [1.54, 1.807) is 20.8 Å². The van der Waals surface area contributed by atoms with Crippen LogP contribution in [0.2, 0.25) is 0 Å². The topological polar surface area (TPSA) is 51.2 Å². The highest BCUT2D eigenvalue weighted by molar-refractivity contribution is 9.10. The molecule has 0 spiro atoms. The second-order valence-electron chi connectivity index (χ2n) is 5.10. The molecule has 8 heteroatoms. The van der Waals surface area contributed by atoms with Gasteiger partial charge in [0, 0.05) is 16.2 Å². The van der Waals surface area contributed by atoms with Crippen LogP contribution in [0.1, 0.15) is 32.6 Å². The Morgan fingerprint density at radius 2 is 2.00 bits per heavy atom. The van der Waals surface area contributed by atoms with Crippen LogP contribution in [-0.4, -0.2) is 22.8 Å². The number of aromatic nitrogens is 1. The Kier molecular flexibility index (Phi) is 5.01. The highest BCUT2D eigenvalue weighted by atomic mass is 79.9. The van der Waals surface area contributed by atoms with E-state index in [0.29, 0.717) is 4.47 Å². The van der Waals surface area contributed by atoms with Crippen molar-refractivity contribution in [2.45, 2.75) is 38.6 Å². The molecule has 1 aromatic heterocycles. The largest absolute Gasteiger partial charge is 0.431 e. The van der Waals surface area contributed by atoms with Crippen molar-refractivity contribution >= 4 is 22.0 Å². The van der Waals surface area contributed by atoms with E-state index in [1.807, 2.05) is 0 Å². The molecule has 0 bridgehead atoms. The Hall–Kier alpha value is -1.31. The normalized spacial score (nSPS) is 13.8. The second kappa shape index (κ2) is 5.99. The Morgan fingerprint density at radius 1 is 1.40 bits per heavy atom. The van der Waals surface area contributed by atoms with Gasteiger partial charge in [-0.15, -0.1) is 0 Å². The summed E-state index contributed by atoms with van der Waals surface area (Å²) in [5.74, 6) is 0. The number of amides is 1. The maximum atomic E-state index is 13.0. The first-order valence-corrected chi connectivity index (χ1v) is 6.45. The first kappa shape index (κ1) is 16.7. The molecule has 20 heavy (non-hydrogen) atoms. The molecule has 0 aliphatic carbocycles. The van der Waals surface area contributed by atoms with Crippen molar-refractivity contribution in [1.82, 2.24) is 10.3 Å². The number of alkyl halides is 3. The van der Waals surface area contributed by atoms with E-state index in [-0.39, 0.29) is 0 Å². The monoisotopic (exact) mass is 354 g/mol. The van der Waals surface area contributed by atoms with Crippen molar-refractivity contribution in [3.63, 3.8) is 0 Å². The van der Waals surface area contributed by atoms with Gasteiger partial charge in [-0.05, 0) is 32.9 Å². The van der Waals surface area contributed by atoms with Gasteiger partial charge in [0.2, 0.25) is 6.10 Å². The molecular weight excluding hydrogens is 341 g/mol. The molecule has 0 aromatic carbocycles. The van der Waals surface area contributed by atoms with Crippen molar-refractivity contribution in [1.29, 1.82) is 0 Å². The first-order chi connectivity index (χ1) is 8.99. The highest BCUT2D eigenvalue weighted by Crippen LogP contribution is 2.35. The number of pyridine rings is 1. The fraction of sp³-hybridized carbons (Fsp3) is 0.500. The van der Waals surface area contributed by atoms with Crippen LogP contribution in [0.5, 0.6) is 0 Å². The summed E-state index contributed by atoms with van der Waals surface area (Å²) in [5.41, 5.74) is -1.09. The molecular formula is C12H14BrF3N2O2. The Balaban J connectivity index is 2.95. The number of hydrogen-bond donors (Lipinski definition) is 1. The van der Waals surface area contributed by atoms with Gasteiger partial charge in [-0.1, -0.05) is 15.9 Å². The zero-order chi connectivity index (χ0) is 15.6. The number of hydrogen-bond acceptors (Lipinski definition) is 3.